The van der Waals surface area contributed by atoms with Crippen LogP contribution in [0.25, 0.3) is 0 Å². The molecule has 0 unspecified atom stereocenters. The molecule has 0 radical (unpaired) electrons. The molecule has 0 atom stereocenters. The van der Waals surface area contributed by atoms with Gasteiger partial charge in [-0.15, -0.1) is 0 Å². The van der Waals surface area contributed by atoms with Gasteiger partial charge in [-0.2, -0.15) is 0 Å². The van der Waals surface area contributed by atoms with Crippen LogP contribution in [0.4, 0.5) is 16.2 Å². The zero-order valence-electron chi connectivity index (χ0n) is 16.0. The van der Waals surface area contributed by atoms with Gasteiger partial charge in [-0.05, 0) is 50.2 Å². The van der Waals surface area contributed by atoms with Crippen molar-refractivity contribution in [3.05, 3.63) is 17.7 Å². The summed E-state index contributed by atoms with van der Waals surface area (Å²) in [4.78, 5) is 16.7. The maximum absolute atomic E-state index is 12.3. The number of carbonyl (C=O) groups is 1. The molecule has 2 aliphatic heterocycles. The minimum Gasteiger partial charge on any atom is -0.495 e. The van der Waals surface area contributed by atoms with Gasteiger partial charge in [0.1, 0.15) is 5.75 Å². The zero-order chi connectivity index (χ0) is 18.5. The summed E-state index contributed by atoms with van der Waals surface area (Å²) in [5, 5.41) is 0. The van der Waals surface area contributed by atoms with E-state index in [-0.39, 0.29) is 12.1 Å². The summed E-state index contributed by atoms with van der Waals surface area (Å²) < 4.78 is 10.8. The average Bonchev–Trinajstić information content (AvgIpc) is 2.65. The predicted molar refractivity (Wildman–Crippen MR) is 104 cm³/mol. The van der Waals surface area contributed by atoms with E-state index in [1.165, 1.54) is 11.3 Å². The molecule has 0 saturated carbocycles. The Morgan fingerprint density at radius 2 is 1.96 bits per heavy atom. The molecular formula is C20H31N3O3. The van der Waals surface area contributed by atoms with Crippen LogP contribution in [0.1, 0.15) is 44.6 Å². The van der Waals surface area contributed by atoms with Gasteiger partial charge in [0.2, 0.25) is 0 Å². The number of hydrogen-bond donors (Lipinski definition) is 1. The van der Waals surface area contributed by atoms with Crippen LogP contribution in [-0.4, -0.2) is 50.4 Å². The second-order valence-electron chi connectivity index (χ2n) is 7.16. The van der Waals surface area contributed by atoms with Crippen molar-refractivity contribution in [3.8, 4) is 5.75 Å². The largest absolute Gasteiger partial charge is 0.495 e. The number of piperidine rings is 1. The molecule has 26 heavy (non-hydrogen) atoms. The second-order valence-corrected chi connectivity index (χ2v) is 7.16. The molecule has 2 N–H and O–H groups in total. The van der Waals surface area contributed by atoms with Gasteiger partial charge < -0.3 is 25.0 Å². The van der Waals surface area contributed by atoms with E-state index in [2.05, 4.69) is 17.9 Å². The molecule has 6 nitrogen and oxygen atoms in total. The van der Waals surface area contributed by atoms with Crippen molar-refractivity contribution < 1.29 is 14.3 Å². The molecule has 2 fully saturated rings. The molecule has 2 heterocycles. The van der Waals surface area contributed by atoms with Crippen LogP contribution in [0, 0.1) is 0 Å². The minimum absolute atomic E-state index is 0.133. The highest BCUT2D eigenvalue weighted by atomic mass is 16.6. The summed E-state index contributed by atoms with van der Waals surface area (Å²) in [6.07, 6.45) is 5.92. The second kappa shape index (κ2) is 8.52. The molecule has 1 aromatic carbocycles. The number of rotatable bonds is 4. The Morgan fingerprint density at radius 1 is 1.19 bits per heavy atom. The Balaban J connectivity index is 1.69. The maximum atomic E-state index is 12.3. The zero-order valence-corrected chi connectivity index (χ0v) is 16.0. The smallest absolute Gasteiger partial charge is 0.410 e. The molecular weight excluding hydrogens is 330 g/mol. The first-order valence-electron chi connectivity index (χ1n) is 9.78. The number of benzene rings is 1. The fraction of sp³-hybridized carbons (Fsp3) is 0.650. The third-order valence-corrected chi connectivity index (χ3v) is 5.56. The summed E-state index contributed by atoms with van der Waals surface area (Å²) in [7, 11) is 1.65. The SMILES string of the molecule is CCc1cc(N)c(OC)cc1N1CCC(N2CCCCCOC2=O)CC1. The molecule has 0 spiro atoms. The monoisotopic (exact) mass is 361 g/mol. The number of nitrogens with two attached hydrogens (primary N) is 1. The van der Waals surface area contributed by atoms with E-state index >= 15 is 0 Å². The average molecular weight is 361 g/mol. The molecule has 2 aliphatic rings. The Morgan fingerprint density at radius 3 is 2.65 bits per heavy atom. The highest BCUT2D eigenvalue weighted by Crippen LogP contribution is 2.34. The molecule has 0 aromatic heterocycles. The van der Waals surface area contributed by atoms with Crippen molar-refractivity contribution in [2.45, 2.75) is 51.5 Å². The molecule has 0 aliphatic carbocycles. The van der Waals surface area contributed by atoms with Crippen LogP contribution in [0.3, 0.4) is 0 Å². The number of carbonyl (C=O) groups excluding carboxylic acids is 1. The minimum atomic E-state index is -0.133. The third-order valence-electron chi connectivity index (χ3n) is 5.56. The van der Waals surface area contributed by atoms with E-state index < -0.39 is 0 Å². The first-order chi connectivity index (χ1) is 12.6. The van der Waals surface area contributed by atoms with Crippen LogP contribution in [-0.2, 0) is 11.2 Å². The third kappa shape index (κ3) is 4.00. The molecule has 2 saturated heterocycles. The lowest BCUT2D eigenvalue weighted by molar-refractivity contribution is 0.0697. The molecule has 1 amide bonds. The predicted octanol–water partition coefficient (Wildman–Crippen LogP) is 3.43. The van der Waals surface area contributed by atoms with Crippen LogP contribution in [0.15, 0.2) is 12.1 Å². The number of nitrogens with zero attached hydrogens (tertiary/aromatic N) is 2. The van der Waals surface area contributed by atoms with Crippen molar-refractivity contribution in [3.63, 3.8) is 0 Å². The first-order valence-corrected chi connectivity index (χ1v) is 9.78. The van der Waals surface area contributed by atoms with Gasteiger partial charge in [0, 0.05) is 37.4 Å². The topological polar surface area (TPSA) is 68.0 Å². The number of aryl methyl sites for hydroxylation is 1. The Kier molecular flexibility index (Phi) is 6.12. The summed E-state index contributed by atoms with van der Waals surface area (Å²) in [5.41, 5.74) is 9.20. The van der Waals surface area contributed by atoms with Crippen LogP contribution in [0.5, 0.6) is 5.75 Å². The summed E-state index contributed by atoms with van der Waals surface area (Å²) in [6.45, 7) is 5.37. The number of cyclic esters (lactones) is 1. The van der Waals surface area contributed by atoms with Crippen molar-refractivity contribution >= 4 is 17.5 Å². The fourth-order valence-corrected chi connectivity index (χ4v) is 4.03. The quantitative estimate of drug-likeness (QED) is 0.832. The maximum Gasteiger partial charge on any atom is 0.410 e. The number of amides is 1. The Bertz CT molecular complexity index is 627. The van der Waals surface area contributed by atoms with Gasteiger partial charge in [0.15, 0.2) is 0 Å². The van der Waals surface area contributed by atoms with Crippen LogP contribution >= 0.6 is 0 Å². The summed E-state index contributed by atoms with van der Waals surface area (Å²) in [5.74, 6) is 0.728. The number of hydrogen-bond acceptors (Lipinski definition) is 5. The van der Waals surface area contributed by atoms with Crippen molar-refractivity contribution in [2.75, 3.05) is 44.0 Å². The standard InChI is InChI=1S/C20H31N3O3/c1-3-15-13-17(21)19(25-2)14-18(15)22-10-7-16(8-11-22)23-9-5-4-6-12-26-20(23)24/h13-14,16H,3-12,21H2,1-2H3. The molecule has 144 valence electrons. The Hall–Kier alpha value is -2.11. The van der Waals surface area contributed by atoms with Gasteiger partial charge in [-0.25, -0.2) is 4.79 Å². The van der Waals surface area contributed by atoms with Gasteiger partial charge in [0.05, 0.1) is 19.4 Å². The van der Waals surface area contributed by atoms with Gasteiger partial charge >= 0.3 is 6.09 Å². The summed E-state index contributed by atoms with van der Waals surface area (Å²) in [6, 6.07) is 4.35. The lowest BCUT2D eigenvalue weighted by atomic mass is 10.00. The Labute approximate surface area is 156 Å². The van der Waals surface area contributed by atoms with E-state index in [4.69, 9.17) is 15.2 Å². The normalized spacial score (nSPS) is 19.7. The van der Waals surface area contributed by atoms with E-state index in [0.717, 1.165) is 63.9 Å². The van der Waals surface area contributed by atoms with Crippen LogP contribution < -0.4 is 15.4 Å². The van der Waals surface area contributed by atoms with E-state index in [0.29, 0.717) is 12.3 Å². The van der Waals surface area contributed by atoms with E-state index in [1.807, 2.05) is 11.0 Å². The number of anilines is 2. The number of ether oxygens (including phenoxy) is 2. The van der Waals surface area contributed by atoms with Crippen LogP contribution in [0.2, 0.25) is 0 Å². The highest BCUT2D eigenvalue weighted by Gasteiger charge is 2.30. The molecule has 1 aromatic rings. The van der Waals surface area contributed by atoms with Gasteiger partial charge in [-0.3, -0.25) is 0 Å². The first kappa shape index (κ1) is 18.7. The number of methoxy groups -OCH3 is 1. The highest BCUT2D eigenvalue weighted by molar-refractivity contribution is 5.69. The van der Waals surface area contributed by atoms with Gasteiger partial charge in [0.25, 0.3) is 0 Å². The lowest BCUT2D eigenvalue weighted by Crippen LogP contribution is -2.48. The molecule has 6 heteroatoms. The molecule has 0 bridgehead atoms. The van der Waals surface area contributed by atoms with E-state index in [9.17, 15) is 4.79 Å². The lowest BCUT2D eigenvalue weighted by Gasteiger charge is -2.40. The van der Waals surface area contributed by atoms with Gasteiger partial charge in [-0.1, -0.05) is 6.92 Å². The van der Waals surface area contributed by atoms with Crippen molar-refractivity contribution in [1.82, 2.24) is 4.90 Å². The van der Waals surface area contributed by atoms with E-state index in [1.54, 1.807) is 7.11 Å². The van der Waals surface area contributed by atoms with Crippen molar-refractivity contribution in [1.29, 1.82) is 0 Å². The number of nitrogen functional groups attached to an aromatic ring is 1. The summed E-state index contributed by atoms with van der Waals surface area (Å²) >= 11 is 0. The fourth-order valence-electron chi connectivity index (χ4n) is 4.03. The molecule has 3 rings (SSSR count). The van der Waals surface area contributed by atoms with Crippen molar-refractivity contribution in [2.24, 2.45) is 0 Å².